The number of fused-ring (bicyclic) bond motifs is 1. The lowest BCUT2D eigenvalue weighted by atomic mass is 10.1. The molecule has 0 bridgehead atoms. The third-order valence-electron chi connectivity index (χ3n) is 4.30. The van der Waals surface area contributed by atoms with E-state index in [9.17, 15) is 4.79 Å². The molecule has 27 heavy (non-hydrogen) atoms. The van der Waals surface area contributed by atoms with Gasteiger partial charge in [-0.2, -0.15) is 4.68 Å². The largest absolute Gasteiger partial charge is 0.493 e. The summed E-state index contributed by atoms with van der Waals surface area (Å²) < 4.78 is 7.68. The number of aromatic amines is 1. The number of pyridine rings is 1. The highest BCUT2D eigenvalue weighted by molar-refractivity contribution is 5.79. The van der Waals surface area contributed by atoms with Gasteiger partial charge in [-0.05, 0) is 52.7 Å². The fraction of sp³-hybridized carbons (Fsp3) is 0.200. The van der Waals surface area contributed by atoms with Gasteiger partial charge >= 0.3 is 0 Å². The number of nitrogens with zero attached hydrogens (tertiary/aromatic N) is 4. The monoisotopic (exact) mass is 361 g/mol. The van der Waals surface area contributed by atoms with E-state index in [-0.39, 0.29) is 11.5 Å². The van der Waals surface area contributed by atoms with Crippen molar-refractivity contribution in [3.05, 3.63) is 76.8 Å². The molecule has 0 saturated heterocycles. The first-order chi connectivity index (χ1) is 13.2. The quantitative estimate of drug-likeness (QED) is 0.571. The van der Waals surface area contributed by atoms with Gasteiger partial charge in [0.05, 0.1) is 12.3 Å². The standard InChI is InChI=1S/C20H19N5O2/c1-14(11-19-22-23-24-25(19)16-5-3-2-4-6-16)13-27-17-8-9-18-15(12-17)7-10-20(26)21-18/h2-10,12,14H,11,13H2,1H3,(H,21,26). The third kappa shape index (κ3) is 3.87. The third-order valence-corrected chi connectivity index (χ3v) is 4.30. The summed E-state index contributed by atoms with van der Waals surface area (Å²) in [6, 6.07) is 18.8. The van der Waals surface area contributed by atoms with Gasteiger partial charge in [0.15, 0.2) is 5.82 Å². The normalized spacial score (nSPS) is 12.2. The average molecular weight is 361 g/mol. The molecule has 1 unspecified atom stereocenters. The summed E-state index contributed by atoms with van der Waals surface area (Å²) in [5, 5.41) is 13.0. The van der Waals surface area contributed by atoms with Gasteiger partial charge in [0, 0.05) is 23.4 Å². The second kappa shape index (κ2) is 7.41. The minimum atomic E-state index is -0.110. The Morgan fingerprint density at radius 3 is 2.81 bits per heavy atom. The second-order valence-corrected chi connectivity index (χ2v) is 6.53. The van der Waals surface area contributed by atoms with Crippen LogP contribution in [-0.4, -0.2) is 31.8 Å². The number of H-pyrrole nitrogens is 1. The zero-order chi connectivity index (χ0) is 18.6. The van der Waals surface area contributed by atoms with Crippen LogP contribution in [0.15, 0.2) is 65.5 Å². The van der Waals surface area contributed by atoms with E-state index >= 15 is 0 Å². The van der Waals surface area contributed by atoms with E-state index in [2.05, 4.69) is 27.4 Å². The van der Waals surface area contributed by atoms with Crippen LogP contribution in [0.2, 0.25) is 0 Å². The summed E-state index contributed by atoms with van der Waals surface area (Å²) in [6.07, 6.45) is 0.697. The van der Waals surface area contributed by atoms with Gasteiger partial charge in [-0.25, -0.2) is 0 Å². The van der Waals surface area contributed by atoms with Crippen molar-refractivity contribution in [3.8, 4) is 11.4 Å². The van der Waals surface area contributed by atoms with Crippen molar-refractivity contribution in [2.75, 3.05) is 6.61 Å². The van der Waals surface area contributed by atoms with Gasteiger partial charge < -0.3 is 9.72 Å². The number of benzene rings is 2. The summed E-state index contributed by atoms with van der Waals surface area (Å²) in [4.78, 5) is 14.2. The van der Waals surface area contributed by atoms with E-state index in [0.717, 1.165) is 28.2 Å². The van der Waals surface area contributed by atoms with Crippen LogP contribution in [0.5, 0.6) is 5.75 Å². The van der Waals surface area contributed by atoms with Crippen molar-refractivity contribution in [1.82, 2.24) is 25.2 Å². The summed E-state index contributed by atoms with van der Waals surface area (Å²) in [7, 11) is 0. The van der Waals surface area contributed by atoms with Gasteiger partial charge in [0.25, 0.3) is 0 Å². The van der Waals surface area contributed by atoms with Crippen LogP contribution in [-0.2, 0) is 6.42 Å². The molecule has 0 amide bonds. The highest BCUT2D eigenvalue weighted by Crippen LogP contribution is 2.19. The maximum absolute atomic E-state index is 11.4. The van der Waals surface area contributed by atoms with Crippen molar-refractivity contribution in [2.24, 2.45) is 5.92 Å². The Bertz CT molecular complexity index is 1100. The summed E-state index contributed by atoms with van der Waals surface area (Å²) in [5.74, 6) is 1.79. The Kier molecular flexibility index (Phi) is 4.65. The van der Waals surface area contributed by atoms with E-state index < -0.39 is 0 Å². The van der Waals surface area contributed by atoms with Gasteiger partial charge in [0.1, 0.15) is 5.75 Å². The predicted octanol–water partition coefficient (Wildman–Crippen LogP) is 2.76. The van der Waals surface area contributed by atoms with Crippen molar-refractivity contribution >= 4 is 10.9 Å². The number of nitrogens with one attached hydrogen (secondary N) is 1. The topological polar surface area (TPSA) is 85.7 Å². The summed E-state index contributed by atoms with van der Waals surface area (Å²) in [6.45, 7) is 2.64. The lowest BCUT2D eigenvalue weighted by molar-refractivity contribution is 0.257. The first-order valence-electron chi connectivity index (χ1n) is 8.77. The minimum Gasteiger partial charge on any atom is -0.493 e. The predicted molar refractivity (Wildman–Crippen MR) is 102 cm³/mol. The molecule has 7 nitrogen and oxygen atoms in total. The SMILES string of the molecule is CC(COc1ccc2[nH]c(=O)ccc2c1)Cc1nnnn1-c1ccccc1. The van der Waals surface area contributed by atoms with Crippen LogP contribution in [0.25, 0.3) is 16.6 Å². The van der Waals surface area contributed by atoms with Gasteiger partial charge in [-0.3, -0.25) is 4.79 Å². The van der Waals surface area contributed by atoms with Crippen LogP contribution in [0.1, 0.15) is 12.7 Å². The Balaban J connectivity index is 1.42. The molecular formula is C20H19N5O2. The maximum Gasteiger partial charge on any atom is 0.248 e. The molecule has 0 saturated carbocycles. The number of rotatable bonds is 6. The Morgan fingerprint density at radius 2 is 1.96 bits per heavy atom. The highest BCUT2D eigenvalue weighted by atomic mass is 16.5. The minimum absolute atomic E-state index is 0.110. The van der Waals surface area contributed by atoms with Gasteiger partial charge in [-0.15, -0.1) is 5.10 Å². The molecule has 0 aliphatic heterocycles. The molecule has 1 N–H and O–H groups in total. The maximum atomic E-state index is 11.4. The molecule has 7 heteroatoms. The van der Waals surface area contributed by atoms with E-state index in [1.165, 1.54) is 6.07 Å². The molecule has 0 radical (unpaired) electrons. The van der Waals surface area contributed by atoms with Crippen molar-refractivity contribution in [2.45, 2.75) is 13.3 Å². The molecule has 0 aliphatic carbocycles. The van der Waals surface area contributed by atoms with Gasteiger partial charge in [-0.1, -0.05) is 25.1 Å². The second-order valence-electron chi connectivity index (χ2n) is 6.53. The van der Waals surface area contributed by atoms with Crippen LogP contribution in [0, 0.1) is 5.92 Å². The molecule has 0 spiro atoms. The molecule has 0 aliphatic rings. The Labute approximate surface area is 155 Å². The first-order valence-corrected chi connectivity index (χ1v) is 8.77. The molecule has 4 aromatic rings. The number of hydrogen-bond donors (Lipinski definition) is 1. The first kappa shape index (κ1) is 17.0. The van der Waals surface area contributed by atoms with Crippen LogP contribution in [0.4, 0.5) is 0 Å². The lowest BCUT2D eigenvalue weighted by Crippen LogP contribution is -2.14. The van der Waals surface area contributed by atoms with Crippen molar-refractivity contribution in [1.29, 1.82) is 0 Å². The fourth-order valence-electron chi connectivity index (χ4n) is 2.93. The zero-order valence-corrected chi connectivity index (χ0v) is 14.9. The van der Waals surface area contributed by atoms with E-state index in [1.807, 2.05) is 48.5 Å². The van der Waals surface area contributed by atoms with Crippen LogP contribution < -0.4 is 10.3 Å². The summed E-state index contributed by atoms with van der Waals surface area (Å²) in [5.41, 5.74) is 1.63. The molecule has 1 atom stereocenters. The number of hydrogen-bond acceptors (Lipinski definition) is 5. The van der Waals surface area contributed by atoms with E-state index in [0.29, 0.717) is 13.0 Å². The Hall–Kier alpha value is -3.48. The molecular weight excluding hydrogens is 342 g/mol. The van der Waals surface area contributed by atoms with E-state index in [4.69, 9.17) is 4.74 Å². The smallest absolute Gasteiger partial charge is 0.248 e. The lowest BCUT2D eigenvalue weighted by Gasteiger charge is -2.13. The number of ether oxygens (including phenoxy) is 1. The van der Waals surface area contributed by atoms with Crippen LogP contribution in [0.3, 0.4) is 0 Å². The van der Waals surface area contributed by atoms with E-state index in [1.54, 1.807) is 10.7 Å². The molecule has 0 fully saturated rings. The molecule has 2 aromatic carbocycles. The Morgan fingerprint density at radius 1 is 1.11 bits per heavy atom. The van der Waals surface area contributed by atoms with Gasteiger partial charge in [0.2, 0.25) is 5.56 Å². The number of tetrazole rings is 1. The molecule has 4 rings (SSSR count). The number of aromatic nitrogens is 5. The van der Waals surface area contributed by atoms with Crippen molar-refractivity contribution in [3.63, 3.8) is 0 Å². The molecule has 136 valence electrons. The summed E-state index contributed by atoms with van der Waals surface area (Å²) >= 11 is 0. The molecule has 2 heterocycles. The average Bonchev–Trinajstić information content (AvgIpc) is 3.15. The molecule has 2 aromatic heterocycles. The highest BCUT2D eigenvalue weighted by Gasteiger charge is 2.13. The zero-order valence-electron chi connectivity index (χ0n) is 14.9. The number of para-hydroxylation sites is 1. The fourth-order valence-corrected chi connectivity index (χ4v) is 2.93. The van der Waals surface area contributed by atoms with Crippen molar-refractivity contribution < 1.29 is 4.74 Å². The van der Waals surface area contributed by atoms with Crippen LogP contribution >= 0.6 is 0 Å².